The topological polar surface area (TPSA) is 232 Å². The van der Waals surface area contributed by atoms with Crippen molar-refractivity contribution in [3.05, 3.63) is 148 Å². The normalized spacial score (nSPS) is 12.7. The lowest BCUT2D eigenvalue weighted by molar-refractivity contribution is 0.0321. The van der Waals surface area contributed by atoms with Crippen LogP contribution in [0.5, 0.6) is 23.0 Å². The van der Waals surface area contributed by atoms with Crippen LogP contribution in [0.15, 0.2) is 79.5 Å². The standard InChI is InChI=1S/C31H36O9Si.C26H24O9.2CH4/c1-18-12-26-28(27(19(18)2)31(34)37-10-11-41(5,6)7)30(33)23(15-38-26)21-9-8-20-13-24(39-16-35-3)25(40-17-36-4)14-22(20)29(21)32;1-13-7-21-23(22(14(13)2)26(29)30)25(28)18(10-33-21)16-6-5-15-8-19(34-11-31-3)20(35-12-32-4)9-17(15)24(16)27;;/h9,12-15H,8,10-11,16-17H2,1-7H3;6-10H,5,11-12H2,1-4H3,(H,29,30);2*1H4. The molecule has 8 rings (SSSR count). The molecule has 0 spiro atoms. The number of methoxy groups -OCH3 is 4. The Kier molecular flexibility index (Phi) is 20.5. The van der Waals surface area contributed by atoms with Crippen LogP contribution >= 0.6 is 0 Å². The van der Waals surface area contributed by atoms with Crippen molar-refractivity contribution >= 4 is 64.7 Å². The van der Waals surface area contributed by atoms with Crippen LogP contribution in [0.3, 0.4) is 0 Å². The molecular formula is C59H68O18Si. The number of carbonyl (C=O) groups excluding carboxylic acids is 3. The molecule has 0 radical (unpaired) electrons. The SMILES string of the molecule is C.C.COCOc1cc2c(cc1OCOC)C(=O)C(c1coc3cc(C)c(C)c(C(=O)O)c3c1=O)=CC2.COCOc1cc2c(cc1OCOC)C(=O)C(c1coc3cc(C)c(C)c(C(=O)OCC[Si](C)(C)C)c3c1=O)=CC2. The molecule has 2 aliphatic rings. The Hall–Kier alpha value is -7.68. The minimum absolute atomic E-state index is 0. The van der Waals surface area contributed by atoms with Crippen molar-refractivity contribution in [1.82, 2.24) is 0 Å². The van der Waals surface area contributed by atoms with Gasteiger partial charge in [-0.25, -0.2) is 9.59 Å². The first-order valence-corrected chi connectivity index (χ1v) is 27.8. The molecular weight excluding hydrogens is 1020 g/mol. The second-order valence-corrected chi connectivity index (χ2v) is 24.9. The van der Waals surface area contributed by atoms with Crippen molar-refractivity contribution in [2.45, 2.75) is 81.1 Å². The molecule has 2 heterocycles. The summed E-state index contributed by atoms with van der Waals surface area (Å²) in [7, 11) is 4.50. The summed E-state index contributed by atoms with van der Waals surface area (Å²) < 4.78 is 59.5. The number of ether oxygens (including phenoxy) is 9. The summed E-state index contributed by atoms with van der Waals surface area (Å²) in [6.45, 7) is 13.7. The number of hydrogen-bond donors (Lipinski definition) is 1. The molecule has 416 valence electrons. The van der Waals surface area contributed by atoms with Crippen molar-refractivity contribution in [2.24, 2.45) is 0 Å². The Bertz CT molecular complexity index is 3460. The van der Waals surface area contributed by atoms with Crippen LogP contribution in [0.4, 0.5) is 0 Å². The van der Waals surface area contributed by atoms with Gasteiger partial charge in [0.1, 0.15) is 23.7 Å². The second kappa shape index (κ2) is 26.1. The van der Waals surface area contributed by atoms with Crippen LogP contribution in [0.1, 0.15) is 101 Å². The fourth-order valence-corrected chi connectivity index (χ4v) is 9.43. The zero-order valence-corrected chi connectivity index (χ0v) is 45.3. The van der Waals surface area contributed by atoms with Gasteiger partial charge in [0, 0.05) is 58.8 Å². The Balaban J connectivity index is 0.000000283. The van der Waals surface area contributed by atoms with E-state index in [9.17, 15) is 33.9 Å². The number of aryl methyl sites for hydroxylation is 2. The first kappa shape index (κ1) is 61.2. The number of Topliss-reactive ketones (excluding diaryl/α,β-unsaturated/α-hetero) is 2. The van der Waals surface area contributed by atoms with Crippen LogP contribution in [0.2, 0.25) is 25.7 Å². The molecule has 78 heavy (non-hydrogen) atoms. The number of benzene rings is 4. The van der Waals surface area contributed by atoms with E-state index in [0.29, 0.717) is 69.0 Å². The lowest BCUT2D eigenvalue weighted by Crippen LogP contribution is -2.24. The van der Waals surface area contributed by atoms with E-state index in [1.54, 1.807) is 63.3 Å². The van der Waals surface area contributed by atoms with Crippen LogP contribution < -0.4 is 29.8 Å². The quantitative estimate of drug-likeness (QED) is 0.0451. The molecule has 0 amide bonds. The molecule has 19 heteroatoms. The van der Waals surface area contributed by atoms with Crippen molar-refractivity contribution in [2.75, 3.05) is 62.2 Å². The maximum atomic E-state index is 14.0. The average Bonchev–Trinajstić information content (AvgIpc) is 3.38. The summed E-state index contributed by atoms with van der Waals surface area (Å²) in [6.07, 6.45) is 6.50. The third kappa shape index (κ3) is 12.8. The molecule has 0 saturated heterocycles. The van der Waals surface area contributed by atoms with Gasteiger partial charge >= 0.3 is 11.9 Å². The van der Waals surface area contributed by atoms with Gasteiger partial charge in [-0.1, -0.05) is 46.6 Å². The molecule has 4 aromatic carbocycles. The number of aromatic carboxylic acids is 1. The Morgan fingerprint density at radius 1 is 0.551 bits per heavy atom. The highest BCUT2D eigenvalue weighted by molar-refractivity contribution is 6.76. The number of ketones is 2. The fourth-order valence-electron chi connectivity index (χ4n) is 8.71. The average molecular weight is 1090 g/mol. The van der Waals surface area contributed by atoms with E-state index in [2.05, 4.69) is 19.6 Å². The molecule has 6 aromatic rings. The molecule has 0 unspecified atom stereocenters. The number of esters is 1. The van der Waals surface area contributed by atoms with Gasteiger partial charge in [-0.2, -0.15) is 0 Å². The van der Waals surface area contributed by atoms with Crippen LogP contribution in [0.25, 0.3) is 33.1 Å². The lowest BCUT2D eigenvalue weighted by atomic mass is 9.86. The molecule has 18 nitrogen and oxygen atoms in total. The molecule has 0 bridgehead atoms. The van der Waals surface area contributed by atoms with Gasteiger partial charge in [0.05, 0.1) is 39.6 Å². The molecule has 2 aromatic heterocycles. The predicted octanol–water partition coefficient (Wildman–Crippen LogP) is 10.9. The second-order valence-electron chi connectivity index (χ2n) is 19.3. The van der Waals surface area contributed by atoms with Crippen LogP contribution in [-0.2, 0) is 36.5 Å². The third-order valence-electron chi connectivity index (χ3n) is 13.0. The highest BCUT2D eigenvalue weighted by Gasteiger charge is 2.31. The van der Waals surface area contributed by atoms with Gasteiger partial charge in [-0.05, 0) is 116 Å². The number of hydrogen-bond acceptors (Lipinski definition) is 17. The monoisotopic (exact) mass is 1090 g/mol. The highest BCUT2D eigenvalue weighted by atomic mass is 28.3. The van der Waals surface area contributed by atoms with E-state index >= 15 is 0 Å². The summed E-state index contributed by atoms with van der Waals surface area (Å²) in [5.41, 5.74) is 4.46. The van der Waals surface area contributed by atoms with Crippen LogP contribution in [-0.4, -0.2) is 98.9 Å². The molecule has 0 fully saturated rings. The molecule has 1 N–H and O–H groups in total. The summed E-state index contributed by atoms with van der Waals surface area (Å²) in [4.78, 5) is 79.9. The number of carboxylic acid groups (broad SMARTS) is 1. The van der Waals surface area contributed by atoms with Gasteiger partial charge in [-0.3, -0.25) is 19.2 Å². The lowest BCUT2D eigenvalue weighted by Gasteiger charge is -2.20. The van der Waals surface area contributed by atoms with Gasteiger partial charge in [0.25, 0.3) is 0 Å². The van der Waals surface area contributed by atoms with Gasteiger partial charge in [0.15, 0.2) is 61.7 Å². The van der Waals surface area contributed by atoms with Crippen LogP contribution in [0, 0.1) is 27.7 Å². The van der Waals surface area contributed by atoms with Crippen molar-refractivity contribution in [1.29, 1.82) is 0 Å². The third-order valence-corrected chi connectivity index (χ3v) is 14.7. The molecule has 0 aliphatic heterocycles. The number of carboxylic acids is 1. The van der Waals surface area contributed by atoms with Crippen molar-refractivity contribution in [3.8, 4) is 23.0 Å². The summed E-state index contributed by atoms with van der Waals surface area (Å²) in [6, 6.07) is 10.7. The van der Waals surface area contributed by atoms with E-state index in [0.717, 1.165) is 11.6 Å². The van der Waals surface area contributed by atoms with E-state index in [1.807, 2.05) is 6.92 Å². The zero-order valence-electron chi connectivity index (χ0n) is 44.3. The molecule has 0 saturated carbocycles. The molecule has 2 aliphatic carbocycles. The first-order chi connectivity index (χ1) is 36.2. The fraction of sp³-hybridized carbons (Fsp3) is 0.356. The first-order valence-electron chi connectivity index (χ1n) is 24.1. The van der Waals surface area contributed by atoms with Gasteiger partial charge in [-0.15, -0.1) is 0 Å². The van der Waals surface area contributed by atoms with Crippen molar-refractivity contribution < 1.29 is 75.8 Å². The Morgan fingerprint density at radius 3 is 1.29 bits per heavy atom. The maximum Gasteiger partial charge on any atom is 0.339 e. The van der Waals surface area contributed by atoms with Gasteiger partial charge in [0.2, 0.25) is 10.9 Å². The van der Waals surface area contributed by atoms with E-state index in [4.69, 9.17) is 51.5 Å². The smallest absolute Gasteiger partial charge is 0.339 e. The number of allylic oxidation sites excluding steroid dienone is 4. The minimum atomic E-state index is -1.44. The number of fused-ring (bicyclic) bond motifs is 4. The summed E-state index contributed by atoms with van der Waals surface area (Å²) in [5.74, 6) is -1.23. The Labute approximate surface area is 453 Å². The minimum Gasteiger partial charge on any atom is -0.478 e. The van der Waals surface area contributed by atoms with Crippen molar-refractivity contribution in [3.63, 3.8) is 0 Å². The maximum absolute atomic E-state index is 14.0. The molecule has 0 atom stereocenters. The van der Waals surface area contributed by atoms with E-state index < -0.39 is 36.7 Å². The van der Waals surface area contributed by atoms with E-state index in [-0.39, 0.29) is 116 Å². The number of rotatable bonds is 19. The summed E-state index contributed by atoms with van der Waals surface area (Å²) >= 11 is 0. The Morgan fingerprint density at radius 2 is 0.923 bits per heavy atom. The van der Waals surface area contributed by atoms with E-state index in [1.165, 1.54) is 47.0 Å². The zero-order chi connectivity index (χ0) is 55.2. The van der Waals surface area contributed by atoms with Gasteiger partial charge < -0.3 is 56.6 Å². The predicted molar refractivity (Wildman–Crippen MR) is 298 cm³/mol. The summed E-state index contributed by atoms with van der Waals surface area (Å²) in [5, 5.41) is 9.82. The largest absolute Gasteiger partial charge is 0.478 e. The number of carbonyl (C=O) groups is 4. The highest BCUT2D eigenvalue weighted by Crippen LogP contribution is 2.39.